The van der Waals surface area contributed by atoms with Gasteiger partial charge in [0.2, 0.25) is 5.91 Å². The number of benzene rings is 2. The highest BCUT2D eigenvalue weighted by molar-refractivity contribution is 7.10. The van der Waals surface area contributed by atoms with Crippen LogP contribution < -0.4 is 0 Å². The molecule has 0 spiro atoms. The third-order valence-corrected chi connectivity index (χ3v) is 8.03. The van der Waals surface area contributed by atoms with E-state index in [0.29, 0.717) is 44.7 Å². The number of non-ortho nitro benzene ring substituents is 1. The summed E-state index contributed by atoms with van der Waals surface area (Å²) in [5, 5.41) is 12.9. The second kappa shape index (κ2) is 10.8. The maximum absolute atomic E-state index is 14.1. The topological polar surface area (TPSA) is 87.0 Å². The van der Waals surface area contributed by atoms with Gasteiger partial charge in [-0.3, -0.25) is 24.6 Å². The molecular weight excluding hydrogens is 495 g/mol. The molecule has 1 atom stereocenters. The largest absolute Gasteiger partial charge is 0.340 e. The Kier molecular flexibility index (Phi) is 7.29. The minimum atomic E-state index is -0.496. The van der Waals surface area contributed by atoms with Gasteiger partial charge in [-0.25, -0.2) is 4.39 Å². The van der Waals surface area contributed by atoms with E-state index in [1.165, 1.54) is 35.2 Å². The molecule has 2 aliphatic heterocycles. The molecule has 5 rings (SSSR count). The fraction of sp³-hybridized carbons (Fsp3) is 0.333. The van der Waals surface area contributed by atoms with Crippen molar-refractivity contribution in [2.45, 2.75) is 18.9 Å². The van der Waals surface area contributed by atoms with Crippen molar-refractivity contribution in [1.82, 2.24) is 14.7 Å². The van der Waals surface area contributed by atoms with Crippen molar-refractivity contribution in [1.29, 1.82) is 0 Å². The number of amides is 2. The van der Waals surface area contributed by atoms with Crippen molar-refractivity contribution >= 4 is 28.8 Å². The lowest BCUT2D eigenvalue weighted by molar-refractivity contribution is -0.384. The summed E-state index contributed by atoms with van der Waals surface area (Å²) in [5.74, 6) is -0.502. The SMILES string of the molecule is O=C(CN1CCc2sccc2C1c1cccc(F)c1)N1CCCN(C(=O)c2ccc([N+](=O)[O-])cc2)CC1. The monoisotopic (exact) mass is 522 g/mol. The Morgan fingerprint density at radius 2 is 1.76 bits per heavy atom. The zero-order valence-electron chi connectivity index (χ0n) is 20.2. The van der Waals surface area contributed by atoms with Crippen LogP contribution in [0.5, 0.6) is 0 Å². The van der Waals surface area contributed by atoms with E-state index in [2.05, 4.69) is 11.0 Å². The van der Waals surface area contributed by atoms with Crippen LogP contribution in [-0.4, -0.2) is 70.7 Å². The number of halogens is 1. The summed E-state index contributed by atoms with van der Waals surface area (Å²) in [4.78, 5) is 43.6. The van der Waals surface area contributed by atoms with Crippen LogP contribution in [-0.2, 0) is 11.2 Å². The Morgan fingerprint density at radius 3 is 2.51 bits per heavy atom. The maximum atomic E-state index is 14.1. The van der Waals surface area contributed by atoms with Crippen LogP contribution in [0.3, 0.4) is 0 Å². The average Bonchev–Trinajstić information content (AvgIpc) is 3.23. The van der Waals surface area contributed by atoms with Gasteiger partial charge in [0.25, 0.3) is 11.6 Å². The zero-order valence-corrected chi connectivity index (χ0v) is 21.0. The van der Waals surface area contributed by atoms with Crippen LogP contribution in [0.4, 0.5) is 10.1 Å². The zero-order chi connectivity index (χ0) is 25.9. The minimum Gasteiger partial charge on any atom is -0.340 e. The molecule has 8 nitrogen and oxygen atoms in total. The number of carbonyl (C=O) groups excluding carboxylic acids is 2. The lowest BCUT2D eigenvalue weighted by Gasteiger charge is -2.37. The van der Waals surface area contributed by atoms with Gasteiger partial charge in [-0.1, -0.05) is 12.1 Å². The van der Waals surface area contributed by atoms with Crippen LogP contribution in [0.1, 0.15) is 38.8 Å². The Labute approximate surface area is 218 Å². The van der Waals surface area contributed by atoms with E-state index in [-0.39, 0.29) is 35.9 Å². The number of hydrogen-bond acceptors (Lipinski definition) is 6. The van der Waals surface area contributed by atoms with E-state index in [1.54, 1.807) is 33.3 Å². The molecule has 37 heavy (non-hydrogen) atoms. The Morgan fingerprint density at radius 1 is 1.00 bits per heavy atom. The van der Waals surface area contributed by atoms with Gasteiger partial charge < -0.3 is 9.80 Å². The first-order valence-electron chi connectivity index (χ1n) is 12.3. The highest BCUT2D eigenvalue weighted by atomic mass is 32.1. The molecule has 1 unspecified atom stereocenters. The second-order valence-corrected chi connectivity index (χ2v) is 10.3. The van der Waals surface area contributed by atoms with Crippen molar-refractivity contribution in [3.63, 3.8) is 0 Å². The molecule has 3 heterocycles. The molecule has 0 saturated carbocycles. The van der Waals surface area contributed by atoms with Gasteiger partial charge in [-0.05, 0) is 59.7 Å². The summed E-state index contributed by atoms with van der Waals surface area (Å²) < 4.78 is 14.1. The Hall–Kier alpha value is -3.63. The number of thiophene rings is 1. The molecule has 10 heteroatoms. The maximum Gasteiger partial charge on any atom is 0.269 e. The smallest absolute Gasteiger partial charge is 0.269 e. The number of nitro groups is 1. The van der Waals surface area contributed by atoms with Crippen molar-refractivity contribution in [3.8, 4) is 0 Å². The van der Waals surface area contributed by atoms with Crippen molar-refractivity contribution in [2.75, 3.05) is 39.3 Å². The normalized spacial score (nSPS) is 18.2. The number of nitrogens with zero attached hydrogens (tertiary/aromatic N) is 4. The van der Waals surface area contributed by atoms with E-state index in [4.69, 9.17) is 0 Å². The molecular formula is C27H27FN4O4S. The molecule has 192 valence electrons. The van der Waals surface area contributed by atoms with E-state index in [0.717, 1.165) is 17.5 Å². The van der Waals surface area contributed by atoms with Gasteiger partial charge in [0, 0.05) is 55.3 Å². The molecule has 1 saturated heterocycles. The van der Waals surface area contributed by atoms with E-state index >= 15 is 0 Å². The molecule has 0 bridgehead atoms. The lowest BCUT2D eigenvalue weighted by Crippen LogP contribution is -2.45. The van der Waals surface area contributed by atoms with Gasteiger partial charge in [0.05, 0.1) is 17.5 Å². The first-order valence-corrected chi connectivity index (χ1v) is 13.2. The third-order valence-electron chi connectivity index (χ3n) is 7.03. The van der Waals surface area contributed by atoms with Crippen molar-refractivity contribution in [3.05, 3.63) is 97.5 Å². The quantitative estimate of drug-likeness (QED) is 0.372. The summed E-state index contributed by atoms with van der Waals surface area (Å²) in [7, 11) is 0. The molecule has 2 aliphatic rings. The summed E-state index contributed by atoms with van der Waals surface area (Å²) in [6.45, 7) is 2.79. The van der Waals surface area contributed by atoms with Gasteiger partial charge in [0.15, 0.2) is 0 Å². The second-order valence-electron chi connectivity index (χ2n) is 9.31. The first kappa shape index (κ1) is 25.0. The van der Waals surface area contributed by atoms with Crippen molar-refractivity contribution < 1.29 is 18.9 Å². The molecule has 1 fully saturated rings. The van der Waals surface area contributed by atoms with E-state index in [9.17, 15) is 24.1 Å². The number of nitro benzene ring substituents is 1. The predicted octanol–water partition coefficient (Wildman–Crippen LogP) is 4.12. The van der Waals surface area contributed by atoms with Crippen LogP contribution in [0.2, 0.25) is 0 Å². The molecule has 0 N–H and O–H groups in total. The molecule has 1 aromatic heterocycles. The fourth-order valence-electron chi connectivity index (χ4n) is 5.16. The van der Waals surface area contributed by atoms with Crippen LogP contribution >= 0.6 is 11.3 Å². The summed E-state index contributed by atoms with van der Waals surface area (Å²) in [5.41, 5.74) is 2.30. The van der Waals surface area contributed by atoms with Gasteiger partial charge in [-0.2, -0.15) is 0 Å². The summed E-state index contributed by atoms with van der Waals surface area (Å²) in [6, 6.07) is 14.1. The standard InChI is InChI=1S/C27H27FN4O4S/c28-21-4-1-3-20(17-21)26-23-10-16-37-24(23)9-13-31(26)18-25(33)29-11-2-12-30(15-14-29)27(34)19-5-7-22(8-6-19)32(35)36/h1,3-8,10,16-17,26H,2,9,11-15,18H2. The predicted molar refractivity (Wildman–Crippen MR) is 138 cm³/mol. The Balaban J connectivity index is 1.25. The molecule has 2 aromatic carbocycles. The molecule has 0 radical (unpaired) electrons. The Bertz CT molecular complexity index is 1310. The van der Waals surface area contributed by atoms with Gasteiger partial charge in [-0.15, -0.1) is 11.3 Å². The fourth-order valence-corrected chi connectivity index (χ4v) is 6.06. The minimum absolute atomic E-state index is 0.00952. The van der Waals surface area contributed by atoms with Crippen LogP contribution in [0.15, 0.2) is 60.0 Å². The lowest BCUT2D eigenvalue weighted by atomic mass is 9.93. The third kappa shape index (κ3) is 5.40. The molecule has 0 aliphatic carbocycles. The number of rotatable bonds is 5. The van der Waals surface area contributed by atoms with E-state index in [1.807, 2.05) is 11.4 Å². The average molecular weight is 523 g/mol. The molecule has 2 amide bonds. The number of carbonyl (C=O) groups is 2. The highest BCUT2D eigenvalue weighted by Crippen LogP contribution is 2.37. The number of hydrogen-bond donors (Lipinski definition) is 0. The van der Waals surface area contributed by atoms with Crippen molar-refractivity contribution in [2.24, 2.45) is 0 Å². The number of fused-ring (bicyclic) bond motifs is 1. The van der Waals surface area contributed by atoms with Gasteiger partial charge >= 0.3 is 0 Å². The summed E-state index contributed by atoms with van der Waals surface area (Å²) in [6.07, 6.45) is 1.50. The van der Waals surface area contributed by atoms with Gasteiger partial charge in [0.1, 0.15) is 5.82 Å². The molecule has 3 aromatic rings. The summed E-state index contributed by atoms with van der Waals surface area (Å²) >= 11 is 1.70. The van der Waals surface area contributed by atoms with Crippen LogP contribution in [0.25, 0.3) is 0 Å². The highest BCUT2D eigenvalue weighted by Gasteiger charge is 2.32. The van der Waals surface area contributed by atoms with E-state index < -0.39 is 4.92 Å². The first-order chi connectivity index (χ1) is 17.9. The van der Waals surface area contributed by atoms with Crippen LogP contribution in [0, 0.1) is 15.9 Å².